The highest BCUT2D eigenvalue weighted by Crippen LogP contribution is 2.35. The molecule has 0 N–H and O–H groups in total. The van der Waals surface area contributed by atoms with E-state index in [1.54, 1.807) is 6.07 Å². The molecule has 1 saturated heterocycles. The summed E-state index contributed by atoms with van der Waals surface area (Å²) in [7, 11) is 0. The van der Waals surface area contributed by atoms with Gasteiger partial charge in [0.25, 0.3) is 0 Å². The lowest BCUT2D eigenvalue weighted by Gasteiger charge is -2.35. The second-order valence-electron chi connectivity index (χ2n) is 6.23. The first-order chi connectivity index (χ1) is 9.98. The van der Waals surface area contributed by atoms with E-state index in [9.17, 15) is 9.18 Å². The number of nitrogens with zero attached hydrogens (tertiary/aromatic N) is 1. The number of halogens is 1. The molecule has 4 heteroatoms. The maximum atomic E-state index is 14.1. The number of ether oxygens (including phenoxy) is 1. The zero-order valence-electron chi connectivity index (χ0n) is 12.2. The zero-order chi connectivity index (χ0) is 15.0. The van der Waals surface area contributed by atoms with Crippen molar-refractivity contribution in [2.75, 3.05) is 6.61 Å². The Kier molecular flexibility index (Phi) is 3.49. The Balaban J connectivity index is 2.01. The molecular weight excluding hydrogens is 269 g/mol. The molecule has 0 aliphatic carbocycles. The lowest BCUT2D eigenvalue weighted by atomic mass is 9.86. The number of benzene rings is 1. The maximum Gasteiger partial charge on any atom is 0.150 e. The van der Waals surface area contributed by atoms with E-state index in [4.69, 9.17) is 4.74 Å². The normalized spacial score (nSPS) is 21.4. The van der Waals surface area contributed by atoms with Gasteiger partial charge in [-0.2, -0.15) is 0 Å². The van der Waals surface area contributed by atoms with Crippen LogP contribution in [0.3, 0.4) is 0 Å². The van der Waals surface area contributed by atoms with Gasteiger partial charge in [0, 0.05) is 29.2 Å². The molecule has 0 amide bonds. The van der Waals surface area contributed by atoms with Crippen molar-refractivity contribution in [1.82, 2.24) is 4.98 Å². The van der Waals surface area contributed by atoms with Gasteiger partial charge in [-0.25, -0.2) is 9.37 Å². The molecule has 0 saturated carbocycles. The minimum atomic E-state index is -0.442. The van der Waals surface area contributed by atoms with Crippen molar-refractivity contribution in [3.8, 4) is 0 Å². The fourth-order valence-corrected chi connectivity index (χ4v) is 3.01. The van der Waals surface area contributed by atoms with Gasteiger partial charge >= 0.3 is 0 Å². The minimum Gasteiger partial charge on any atom is -0.376 e. The van der Waals surface area contributed by atoms with Crippen LogP contribution in [0, 0.1) is 5.82 Å². The number of pyridine rings is 1. The van der Waals surface area contributed by atoms with Crippen molar-refractivity contribution in [2.24, 2.45) is 0 Å². The van der Waals surface area contributed by atoms with Crippen molar-refractivity contribution in [3.05, 3.63) is 41.3 Å². The standard InChI is InChI=1S/C17H18FNO2/c1-17(2)9-13(5-6-21-17)15-4-3-12-7-11(10-20)8-14(18)16(12)19-15/h3-4,7-8,10,13H,5-6,9H2,1-2H3. The van der Waals surface area contributed by atoms with Gasteiger partial charge in [-0.3, -0.25) is 4.79 Å². The molecule has 1 atom stereocenters. The second-order valence-corrected chi connectivity index (χ2v) is 6.23. The van der Waals surface area contributed by atoms with Crippen LogP contribution in [-0.2, 0) is 4.74 Å². The number of hydrogen-bond donors (Lipinski definition) is 0. The Morgan fingerprint density at radius 3 is 2.90 bits per heavy atom. The number of carbonyl (C=O) groups excluding carboxylic acids is 1. The molecular formula is C17H18FNO2. The zero-order valence-corrected chi connectivity index (χ0v) is 12.2. The second kappa shape index (κ2) is 5.19. The molecule has 1 aromatic carbocycles. The maximum absolute atomic E-state index is 14.1. The quantitative estimate of drug-likeness (QED) is 0.787. The van der Waals surface area contributed by atoms with E-state index in [2.05, 4.69) is 18.8 Å². The topological polar surface area (TPSA) is 39.2 Å². The van der Waals surface area contributed by atoms with Crippen molar-refractivity contribution in [1.29, 1.82) is 0 Å². The highest BCUT2D eigenvalue weighted by Gasteiger charge is 2.30. The molecule has 2 aromatic rings. The van der Waals surface area contributed by atoms with E-state index in [1.165, 1.54) is 6.07 Å². The van der Waals surface area contributed by atoms with Gasteiger partial charge in [0.2, 0.25) is 0 Å². The first-order valence-corrected chi connectivity index (χ1v) is 7.18. The molecule has 1 aromatic heterocycles. The Labute approximate surface area is 123 Å². The van der Waals surface area contributed by atoms with Crippen LogP contribution in [0.5, 0.6) is 0 Å². The summed E-state index contributed by atoms with van der Waals surface area (Å²) in [6.07, 6.45) is 2.42. The van der Waals surface area contributed by atoms with Crippen LogP contribution in [0.1, 0.15) is 48.7 Å². The molecule has 0 bridgehead atoms. The summed E-state index contributed by atoms with van der Waals surface area (Å²) in [5, 5.41) is 0.659. The Hall–Kier alpha value is -1.81. The summed E-state index contributed by atoms with van der Waals surface area (Å²) in [6.45, 7) is 4.83. The lowest BCUT2D eigenvalue weighted by molar-refractivity contribution is -0.0597. The summed E-state index contributed by atoms with van der Waals surface area (Å²) in [6, 6.07) is 6.68. The molecule has 21 heavy (non-hydrogen) atoms. The average molecular weight is 287 g/mol. The molecule has 1 fully saturated rings. The third-order valence-corrected chi connectivity index (χ3v) is 4.04. The number of aldehydes is 1. The van der Waals surface area contributed by atoms with Crippen LogP contribution < -0.4 is 0 Å². The molecule has 1 aliphatic rings. The number of rotatable bonds is 2. The van der Waals surface area contributed by atoms with Crippen molar-refractivity contribution >= 4 is 17.2 Å². The van der Waals surface area contributed by atoms with Gasteiger partial charge in [-0.1, -0.05) is 6.07 Å². The van der Waals surface area contributed by atoms with E-state index < -0.39 is 5.82 Å². The lowest BCUT2D eigenvalue weighted by Crippen LogP contribution is -2.33. The first kappa shape index (κ1) is 14.1. The predicted molar refractivity (Wildman–Crippen MR) is 79.1 cm³/mol. The highest BCUT2D eigenvalue weighted by atomic mass is 19.1. The van der Waals surface area contributed by atoms with Crippen LogP contribution >= 0.6 is 0 Å². The first-order valence-electron chi connectivity index (χ1n) is 7.18. The van der Waals surface area contributed by atoms with Crippen LogP contribution in [-0.4, -0.2) is 23.5 Å². The molecule has 0 spiro atoms. The summed E-state index contributed by atoms with van der Waals surface area (Å²) in [4.78, 5) is 15.3. The number of fused-ring (bicyclic) bond motifs is 1. The summed E-state index contributed by atoms with van der Waals surface area (Å²) in [5.74, 6) is -0.161. The van der Waals surface area contributed by atoms with E-state index in [-0.39, 0.29) is 11.5 Å². The third kappa shape index (κ3) is 2.81. The van der Waals surface area contributed by atoms with E-state index in [0.29, 0.717) is 29.4 Å². The van der Waals surface area contributed by atoms with E-state index >= 15 is 0 Å². The molecule has 1 aliphatic heterocycles. The monoisotopic (exact) mass is 287 g/mol. The number of carbonyl (C=O) groups is 1. The Morgan fingerprint density at radius 1 is 1.38 bits per heavy atom. The molecule has 0 radical (unpaired) electrons. The summed E-state index contributed by atoms with van der Waals surface area (Å²) >= 11 is 0. The van der Waals surface area contributed by atoms with E-state index in [0.717, 1.165) is 18.5 Å². The van der Waals surface area contributed by atoms with Gasteiger partial charge in [0.1, 0.15) is 17.6 Å². The molecule has 110 valence electrons. The fraction of sp³-hybridized carbons (Fsp3) is 0.412. The summed E-state index contributed by atoms with van der Waals surface area (Å²) < 4.78 is 19.8. The fourth-order valence-electron chi connectivity index (χ4n) is 3.01. The van der Waals surface area contributed by atoms with Crippen LogP contribution in [0.15, 0.2) is 24.3 Å². The minimum absolute atomic E-state index is 0.167. The highest BCUT2D eigenvalue weighted by molar-refractivity contribution is 5.87. The molecule has 3 nitrogen and oxygen atoms in total. The van der Waals surface area contributed by atoms with Crippen LogP contribution in [0.2, 0.25) is 0 Å². The number of hydrogen-bond acceptors (Lipinski definition) is 3. The molecule has 2 heterocycles. The Morgan fingerprint density at radius 2 is 2.19 bits per heavy atom. The van der Waals surface area contributed by atoms with Crippen LogP contribution in [0.4, 0.5) is 4.39 Å². The van der Waals surface area contributed by atoms with Crippen molar-refractivity contribution in [2.45, 2.75) is 38.2 Å². The van der Waals surface area contributed by atoms with Crippen LogP contribution in [0.25, 0.3) is 10.9 Å². The smallest absolute Gasteiger partial charge is 0.150 e. The predicted octanol–water partition coefficient (Wildman–Crippen LogP) is 3.86. The molecule has 3 rings (SSSR count). The van der Waals surface area contributed by atoms with Crippen molar-refractivity contribution in [3.63, 3.8) is 0 Å². The van der Waals surface area contributed by atoms with Crippen molar-refractivity contribution < 1.29 is 13.9 Å². The van der Waals surface area contributed by atoms with Gasteiger partial charge in [-0.05, 0) is 44.9 Å². The van der Waals surface area contributed by atoms with Gasteiger partial charge in [0.15, 0.2) is 0 Å². The largest absolute Gasteiger partial charge is 0.376 e. The third-order valence-electron chi connectivity index (χ3n) is 4.04. The average Bonchev–Trinajstić information content (AvgIpc) is 2.45. The molecule has 1 unspecified atom stereocenters. The Bertz CT molecular complexity index is 696. The van der Waals surface area contributed by atoms with Gasteiger partial charge < -0.3 is 4.74 Å². The van der Waals surface area contributed by atoms with Gasteiger partial charge in [-0.15, -0.1) is 0 Å². The summed E-state index contributed by atoms with van der Waals surface area (Å²) in [5.41, 5.74) is 1.40. The van der Waals surface area contributed by atoms with E-state index in [1.807, 2.05) is 12.1 Å². The van der Waals surface area contributed by atoms with Gasteiger partial charge in [0.05, 0.1) is 5.60 Å². The number of aromatic nitrogens is 1. The SMILES string of the molecule is CC1(C)CC(c2ccc3cc(C=O)cc(F)c3n2)CCO1.